The quantitative estimate of drug-likeness (QED) is 0.313. The van der Waals surface area contributed by atoms with Crippen molar-refractivity contribution in [1.29, 1.82) is 0 Å². The molecule has 38 heavy (non-hydrogen) atoms. The molecule has 1 aliphatic rings. The van der Waals surface area contributed by atoms with Gasteiger partial charge in [-0.25, -0.2) is 27.2 Å². The van der Waals surface area contributed by atoms with E-state index in [1.54, 1.807) is 24.3 Å². The molecule has 2 aromatic carbocycles. The number of hydrogen-bond donors (Lipinski definition) is 3. The molecule has 1 unspecified atom stereocenters. The number of benzene rings is 2. The van der Waals surface area contributed by atoms with Crippen LogP contribution >= 0.6 is 11.6 Å². The molecule has 13 heteroatoms. The number of sulfonamides is 1. The summed E-state index contributed by atoms with van der Waals surface area (Å²) in [6.45, 7) is 2.61. The fraction of sp³-hybridized carbons (Fsp3) is 0.360. The molecular weight excluding hydrogens is 540 g/mol. The highest BCUT2D eigenvalue weighted by Crippen LogP contribution is 2.33. The van der Waals surface area contributed by atoms with E-state index >= 15 is 0 Å². The maximum Gasteiger partial charge on any atom is 0.258 e. The van der Waals surface area contributed by atoms with Crippen molar-refractivity contribution in [1.82, 2.24) is 14.9 Å². The first-order valence-corrected chi connectivity index (χ1v) is 14.0. The summed E-state index contributed by atoms with van der Waals surface area (Å²) in [7, 11) is -3.60. The zero-order chi connectivity index (χ0) is 27.4. The van der Waals surface area contributed by atoms with Crippen molar-refractivity contribution in [3.05, 3.63) is 64.8 Å². The van der Waals surface area contributed by atoms with Gasteiger partial charge >= 0.3 is 0 Å². The van der Waals surface area contributed by atoms with Gasteiger partial charge in [-0.1, -0.05) is 23.7 Å². The Morgan fingerprint density at radius 1 is 1.24 bits per heavy atom. The number of halogens is 3. The highest BCUT2D eigenvalue weighted by molar-refractivity contribution is 7.92. The number of aliphatic hydroxyl groups excluding tert-OH is 1. The predicted octanol–water partition coefficient (Wildman–Crippen LogP) is 4.00. The van der Waals surface area contributed by atoms with Crippen LogP contribution in [0.2, 0.25) is 5.02 Å². The van der Waals surface area contributed by atoms with Gasteiger partial charge in [0.15, 0.2) is 5.82 Å². The number of aromatic nitrogens is 2. The van der Waals surface area contributed by atoms with E-state index in [2.05, 4.69) is 14.7 Å². The molecule has 4 N–H and O–H groups in total. The summed E-state index contributed by atoms with van der Waals surface area (Å²) < 4.78 is 61.5. The lowest BCUT2D eigenvalue weighted by molar-refractivity contribution is 0.165. The van der Waals surface area contributed by atoms with E-state index < -0.39 is 32.8 Å². The van der Waals surface area contributed by atoms with Crippen LogP contribution in [0, 0.1) is 11.6 Å². The van der Waals surface area contributed by atoms with Crippen LogP contribution in [0.1, 0.15) is 31.4 Å². The molecule has 0 aliphatic carbocycles. The number of ether oxygens (including phenoxy) is 1. The van der Waals surface area contributed by atoms with E-state index in [9.17, 15) is 22.3 Å². The Hall–Kier alpha value is -3.06. The summed E-state index contributed by atoms with van der Waals surface area (Å²) in [5.41, 5.74) is 7.05. The van der Waals surface area contributed by atoms with Crippen LogP contribution in [0.4, 0.5) is 20.3 Å². The van der Waals surface area contributed by atoms with Crippen LogP contribution < -0.4 is 15.2 Å². The van der Waals surface area contributed by atoms with E-state index in [0.29, 0.717) is 23.5 Å². The molecular formula is C25H28ClF2N5O4S. The monoisotopic (exact) mass is 567 g/mol. The Bertz CT molecular complexity index is 1400. The molecule has 0 amide bonds. The number of anilines is 2. The van der Waals surface area contributed by atoms with Gasteiger partial charge in [0, 0.05) is 29.4 Å². The second-order valence-corrected chi connectivity index (χ2v) is 11.2. The van der Waals surface area contributed by atoms with Crippen LogP contribution in [0.5, 0.6) is 5.88 Å². The van der Waals surface area contributed by atoms with Crippen LogP contribution in [0.25, 0.3) is 11.3 Å². The summed E-state index contributed by atoms with van der Waals surface area (Å²) in [5, 5.41) is 9.02. The Morgan fingerprint density at radius 3 is 2.66 bits per heavy atom. The van der Waals surface area contributed by atoms with E-state index in [1.165, 1.54) is 13.1 Å². The molecule has 4 rings (SSSR count). The number of nitrogen functional groups attached to an aromatic ring is 1. The molecule has 2 heterocycles. The Balaban J connectivity index is 1.44. The molecule has 0 saturated carbocycles. The molecule has 1 saturated heterocycles. The summed E-state index contributed by atoms with van der Waals surface area (Å²) in [6.07, 6.45) is 2.20. The van der Waals surface area contributed by atoms with Crippen molar-refractivity contribution in [3.63, 3.8) is 0 Å². The number of nitrogens with two attached hydrogens (primary N) is 1. The van der Waals surface area contributed by atoms with Crippen molar-refractivity contribution in [2.45, 2.75) is 31.9 Å². The number of nitrogens with one attached hydrogen (secondary N) is 1. The lowest BCUT2D eigenvalue weighted by Gasteiger charge is -2.22. The number of aliphatic hydroxyl groups is 1. The first-order chi connectivity index (χ1) is 18.1. The van der Waals surface area contributed by atoms with Crippen molar-refractivity contribution in [2.75, 3.05) is 35.9 Å². The number of nitrogens with zero attached hydrogens (tertiary/aromatic N) is 3. The van der Waals surface area contributed by atoms with Gasteiger partial charge in [-0.2, -0.15) is 0 Å². The molecule has 0 bridgehead atoms. The SMILES string of the molecule is CC(Oc1nc(-c2ccc(NS(=O)(=O)CCN3CCC[C@H]3CO)cc2)cnc1N)c1c(F)ccc(F)c1Cl. The van der Waals surface area contributed by atoms with E-state index in [-0.39, 0.29) is 35.7 Å². The third-order valence-electron chi connectivity index (χ3n) is 6.35. The van der Waals surface area contributed by atoms with Gasteiger partial charge in [0.2, 0.25) is 10.0 Å². The Morgan fingerprint density at radius 2 is 1.95 bits per heavy atom. The number of rotatable bonds is 10. The molecule has 9 nitrogen and oxygen atoms in total. The summed E-state index contributed by atoms with van der Waals surface area (Å²) in [4.78, 5) is 10.4. The zero-order valence-electron chi connectivity index (χ0n) is 20.6. The van der Waals surface area contributed by atoms with Gasteiger partial charge in [0.25, 0.3) is 5.88 Å². The molecule has 1 aromatic heterocycles. The maximum absolute atomic E-state index is 14.3. The van der Waals surface area contributed by atoms with Crippen LogP contribution in [0.15, 0.2) is 42.6 Å². The third-order valence-corrected chi connectivity index (χ3v) is 8.00. The number of hydrogen-bond acceptors (Lipinski definition) is 8. The van der Waals surface area contributed by atoms with Gasteiger partial charge in [-0.15, -0.1) is 0 Å². The molecule has 0 spiro atoms. The topological polar surface area (TPSA) is 131 Å². The third kappa shape index (κ3) is 6.49. The summed E-state index contributed by atoms with van der Waals surface area (Å²) >= 11 is 5.93. The van der Waals surface area contributed by atoms with Gasteiger partial charge in [-0.05, 0) is 50.6 Å². The number of likely N-dealkylation sites (tertiary alicyclic amines) is 1. The lowest BCUT2D eigenvalue weighted by Crippen LogP contribution is -2.36. The predicted molar refractivity (Wildman–Crippen MR) is 141 cm³/mol. The van der Waals surface area contributed by atoms with E-state index in [1.807, 2.05) is 4.90 Å². The second-order valence-electron chi connectivity index (χ2n) is 8.98. The van der Waals surface area contributed by atoms with Gasteiger partial charge < -0.3 is 15.6 Å². The summed E-state index contributed by atoms with van der Waals surface area (Å²) in [6, 6.07) is 8.35. The Labute approximate surface area is 224 Å². The molecule has 204 valence electrons. The fourth-order valence-corrected chi connectivity index (χ4v) is 5.70. The highest BCUT2D eigenvalue weighted by atomic mass is 35.5. The average Bonchev–Trinajstić information content (AvgIpc) is 3.35. The molecule has 0 radical (unpaired) electrons. The van der Waals surface area contributed by atoms with Crippen molar-refractivity contribution in [2.24, 2.45) is 0 Å². The molecule has 1 fully saturated rings. The van der Waals surface area contributed by atoms with Crippen molar-refractivity contribution < 1.29 is 27.0 Å². The average molecular weight is 568 g/mol. The second kappa shape index (κ2) is 11.8. The molecule has 2 atom stereocenters. The van der Waals surface area contributed by atoms with E-state index in [0.717, 1.165) is 31.5 Å². The molecule has 3 aromatic rings. The van der Waals surface area contributed by atoms with E-state index in [4.69, 9.17) is 22.1 Å². The highest BCUT2D eigenvalue weighted by Gasteiger charge is 2.25. The fourth-order valence-electron chi connectivity index (χ4n) is 4.32. The van der Waals surface area contributed by atoms with Crippen molar-refractivity contribution >= 4 is 33.1 Å². The normalized spacial score (nSPS) is 16.9. The Kier molecular flexibility index (Phi) is 8.66. The van der Waals surface area contributed by atoms with Crippen LogP contribution in [-0.2, 0) is 10.0 Å². The zero-order valence-corrected chi connectivity index (χ0v) is 22.1. The first kappa shape index (κ1) is 28.0. The largest absolute Gasteiger partial charge is 0.467 e. The smallest absolute Gasteiger partial charge is 0.258 e. The summed E-state index contributed by atoms with van der Waals surface area (Å²) in [5.74, 6) is -1.77. The van der Waals surface area contributed by atoms with Crippen LogP contribution in [-0.4, -0.2) is 59.9 Å². The van der Waals surface area contributed by atoms with Gasteiger partial charge in [0.05, 0.1) is 29.3 Å². The maximum atomic E-state index is 14.3. The van der Waals surface area contributed by atoms with Gasteiger partial charge in [-0.3, -0.25) is 9.62 Å². The lowest BCUT2D eigenvalue weighted by atomic mass is 10.1. The van der Waals surface area contributed by atoms with Gasteiger partial charge in [0.1, 0.15) is 17.7 Å². The minimum atomic E-state index is -3.60. The first-order valence-electron chi connectivity index (χ1n) is 12.0. The standard InChI is InChI=1S/C25H28ClF2N5O4S/c1-15(22-19(27)8-9-20(28)23(22)26)37-25-24(29)30-13-21(31-25)16-4-6-17(7-5-16)32-38(35,36)12-11-33-10-2-3-18(33)14-34/h4-9,13,15,18,32,34H,2-3,10-12,14H2,1H3,(H2,29,30)/t15?,18-/m0/s1. The van der Waals surface area contributed by atoms with Crippen molar-refractivity contribution in [3.8, 4) is 17.1 Å². The molecule has 1 aliphatic heterocycles. The minimum Gasteiger partial charge on any atom is -0.467 e. The van der Waals surface area contributed by atoms with Crippen LogP contribution in [0.3, 0.4) is 0 Å². The minimum absolute atomic E-state index is 0.00669.